The number of carbonyl (C=O) groups excluding carboxylic acids is 1. The molecular weight excluding hydrogens is 390 g/mol. The minimum absolute atomic E-state index is 0.0385. The van der Waals surface area contributed by atoms with E-state index in [4.69, 9.17) is 4.74 Å². The van der Waals surface area contributed by atoms with Gasteiger partial charge in [0.2, 0.25) is 5.78 Å². The van der Waals surface area contributed by atoms with Crippen molar-refractivity contribution >= 4 is 5.78 Å². The quantitative estimate of drug-likeness (QED) is 0.348. The molecule has 1 aromatic carbocycles. The third-order valence-electron chi connectivity index (χ3n) is 4.26. The van der Waals surface area contributed by atoms with E-state index in [0.717, 1.165) is 0 Å². The second-order valence-corrected chi connectivity index (χ2v) is 6.25. The van der Waals surface area contributed by atoms with Crippen LogP contribution in [-0.2, 0) is 17.1 Å². The number of ketones is 1. The van der Waals surface area contributed by atoms with Gasteiger partial charge in [-0.25, -0.2) is 0 Å². The Morgan fingerprint density at radius 3 is 2.14 bits per heavy atom. The molecule has 1 aromatic rings. The summed E-state index contributed by atoms with van der Waals surface area (Å²) in [5.41, 5.74) is -4.67. The number of Topliss-reactive ketones (excluding diaryl/α,β-unsaturated/α-hetero) is 1. The molecule has 1 heterocycles. The van der Waals surface area contributed by atoms with E-state index in [1.807, 2.05) is 6.92 Å². The molecule has 1 N–H and O–H groups in total. The molecule has 0 amide bonds. The molecule has 1 aliphatic rings. The zero-order chi connectivity index (χ0) is 21.3. The maximum Gasteiger partial charge on any atom is 0.416 e. The molecule has 1 saturated heterocycles. The topological polar surface area (TPSA) is 62.1 Å². The molecule has 0 aliphatic carbocycles. The number of carbonyl (C=O) groups is 1. The summed E-state index contributed by atoms with van der Waals surface area (Å²) in [7, 11) is 0. The summed E-state index contributed by atoms with van der Waals surface area (Å²) >= 11 is 0. The van der Waals surface area contributed by atoms with Gasteiger partial charge in [-0.1, -0.05) is 6.92 Å². The minimum atomic E-state index is -5.09. The van der Waals surface area contributed by atoms with Crippen molar-refractivity contribution in [2.45, 2.75) is 44.8 Å². The van der Waals surface area contributed by atoms with Crippen LogP contribution in [0.15, 0.2) is 29.5 Å². The summed E-state index contributed by atoms with van der Waals surface area (Å²) in [4.78, 5) is 12.7. The minimum Gasteiger partial charge on any atom is -0.380 e. The Kier molecular flexibility index (Phi) is 6.09. The average Bonchev–Trinajstić information content (AvgIpc) is 2.61. The first-order valence-corrected chi connectivity index (χ1v) is 8.25. The zero-order valence-electron chi connectivity index (χ0n) is 14.8. The van der Waals surface area contributed by atoms with E-state index in [-0.39, 0.29) is 24.4 Å². The number of halogens is 6. The largest absolute Gasteiger partial charge is 0.416 e. The molecule has 1 aliphatic heterocycles. The van der Waals surface area contributed by atoms with E-state index in [0.29, 0.717) is 18.6 Å². The third-order valence-corrected chi connectivity index (χ3v) is 4.26. The van der Waals surface area contributed by atoms with E-state index < -0.39 is 46.5 Å². The maximum atomic E-state index is 13.0. The Labute approximate surface area is 156 Å². The van der Waals surface area contributed by atoms with Gasteiger partial charge in [-0.05, 0) is 31.5 Å². The van der Waals surface area contributed by atoms with Crippen molar-refractivity contribution in [1.82, 2.24) is 5.32 Å². The van der Waals surface area contributed by atoms with Crippen molar-refractivity contribution in [3.8, 4) is 6.07 Å². The molecular formula is C18H16F6N2O2. The molecule has 152 valence electrons. The summed E-state index contributed by atoms with van der Waals surface area (Å²) in [6.07, 6.45) is -10.4. The Balaban J connectivity index is 2.60. The van der Waals surface area contributed by atoms with E-state index >= 15 is 0 Å². The van der Waals surface area contributed by atoms with Gasteiger partial charge in [0.1, 0.15) is 11.6 Å². The van der Waals surface area contributed by atoms with E-state index in [1.54, 1.807) is 6.07 Å². The van der Waals surface area contributed by atoms with Crippen LogP contribution in [-0.4, -0.2) is 24.5 Å². The number of morpholine rings is 1. The van der Waals surface area contributed by atoms with Crippen LogP contribution in [0.3, 0.4) is 0 Å². The highest BCUT2D eigenvalue weighted by molar-refractivity contribution is 6.12. The second kappa shape index (κ2) is 7.83. The first-order valence-electron chi connectivity index (χ1n) is 8.25. The van der Waals surface area contributed by atoms with Crippen molar-refractivity contribution in [3.05, 3.63) is 46.2 Å². The number of ether oxygens (including phenoxy) is 1. The molecule has 0 radical (unpaired) electrons. The third kappa shape index (κ3) is 4.65. The maximum absolute atomic E-state index is 13.0. The lowest BCUT2D eigenvalue weighted by Gasteiger charge is -2.31. The van der Waals surface area contributed by atoms with Crippen LogP contribution < -0.4 is 5.32 Å². The fraction of sp³-hybridized carbons (Fsp3) is 0.444. The molecule has 2 unspecified atom stereocenters. The SMILES string of the molecule is CCC1COC(C)/C(=C(\C#N)C(=O)c2cc(C(F)(F)F)cc(C(F)(F)F)c2)N1. The molecule has 2 atom stereocenters. The Morgan fingerprint density at radius 1 is 1.18 bits per heavy atom. The number of allylic oxidation sites excluding steroid dienone is 1. The standard InChI is InChI=1S/C18H16F6N2O2/c1-3-13-8-28-9(2)15(26-13)14(7-25)16(27)10-4-11(17(19,20)21)6-12(5-10)18(22,23)24/h4-6,9,13,26H,3,8H2,1-2H3/b15-14-. The number of nitriles is 1. The van der Waals surface area contributed by atoms with Gasteiger partial charge < -0.3 is 10.1 Å². The second-order valence-electron chi connectivity index (χ2n) is 6.25. The highest BCUT2D eigenvalue weighted by Crippen LogP contribution is 2.37. The fourth-order valence-electron chi connectivity index (χ4n) is 2.68. The van der Waals surface area contributed by atoms with E-state index in [1.165, 1.54) is 6.92 Å². The Bertz CT molecular complexity index is 804. The normalized spacial score (nSPS) is 22.2. The number of benzene rings is 1. The number of nitrogens with zero attached hydrogens (tertiary/aromatic N) is 1. The van der Waals surface area contributed by atoms with Crippen molar-refractivity contribution in [2.75, 3.05) is 6.61 Å². The number of nitrogens with one attached hydrogen (secondary N) is 1. The summed E-state index contributed by atoms with van der Waals surface area (Å²) < 4.78 is 83.5. The van der Waals surface area contributed by atoms with Crippen LogP contribution >= 0.6 is 0 Å². The van der Waals surface area contributed by atoms with Crippen LogP contribution in [0.5, 0.6) is 0 Å². The smallest absolute Gasteiger partial charge is 0.380 e. The van der Waals surface area contributed by atoms with Crippen molar-refractivity contribution in [3.63, 3.8) is 0 Å². The Morgan fingerprint density at radius 2 is 1.71 bits per heavy atom. The summed E-state index contributed by atoms with van der Waals surface area (Å²) in [5.74, 6) is -1.24. The summed E-state index contributed by atoms with van der Waals surface area (Å²) in [6, 6.07) is 1.88. The van der Waals surface area contributed by atoms with Gasteiger partial charge in [-0.15, -0.1) is 0 Å². The van der Waals surface area contributed by atoms with Gasteiger partial charge >= 0.3 is 12.4 Å². The molecule has 10 heteroatoms. The molecule has 28 heavy (non-hydrogen) atoms. The number of hydrogen-bond donors (Lipinski definition) is 1. The predicted molar refractivity (Wildman–Crippen MR) is 86.0 cm³/mol. The average molecular weight is 406 g/mol. The molecule has 2 rings (SSSR count). The van der Waals surface area contributed by atoms with Gasteiger partial charge in [-0.3, -0.25) is 4.79 Å². The monoisotopic (exact) mass is 406 g/mol. The van der Waals surface area contributed by atoms with Gasteiger partial charge in [0.05, 0.1) is 29.5 Å². The van der Waals surface area contributed by atoms with Crippen LogP contribution in [0.4, 0.5) is 26.3 Å². The van der Waals surface area contributed by atoms with Gasteiger partial charge in [0.15, 0.2) is 0 Å². The fourth-order valence-corrected chi connectivity index (χ4v) is 2.68. The van der Waals surface area contributed by atoms with Gasteiger partial charge in [0.25, 0.3) is 0 Å². The highest BCUT2D eigenvalue weighted by Gasteiger charge is 2.38. The van der Waals surface area contributed by atoms with E-state index in [9.17, 15) is 36.4 Å². The molecule has 0 spiro atoms. The molecule has 0 aromatic heterocycles. The number of rotatable bonds is 3. The molecule has 4 nitrogen and oxygen atoms in total. The van der Waals surface area contributed by atoms with Crippen molar-refractivity contribution in [2.24, 2.45) is 0 Å². The molecule has 1 fully saturated rings. The number of alkyl halides is 6. The lowest BCUT2D eigenvalue weighted by Crippen LogP contribution is -2.44. The zero-order valence-corrected chi connectivity index (χ0v) is 14.8. The number of hydrogen-bond acceptors (Lipinski definition) is 4. The summed E-state index contributed by atoms with van der Waals surface area (Å²) in [6.45, 7) is 3.62. The van der Waals surface area contributed by atoms with Crippen molar-refractivity contribution in [1.29, 1.82) is 5.26 Å². The van der Waals surface area contributed by atoms with Crippen LogP contribution in [0.2, 0.25) is 0 Å². The van der Waals surface area contributed by atoms with Crippen molar-refractivity contribution < 1.29 is 35.9 Å². The van der Waals surface area contributed by atoms with Gasteiger partial charge in [-0.2, -0.15) is 31.6 Å². The Hall–Kier alpha value is -2.54. The lowest BCUT2D eigenvalue weighted by molar-refractivity contribution is -0.143. The van der Waals surface area contributed by atoms with Crippen LogP contribution in [0, 0.1) is 11.3 Å². The lowest BCUT2D eigenvalue weighted by atomic mass is 9.95. The van der Waals surface area contributed by atoms with Crippen LogP contribution in [0.1, 0.15) is 41.8 Å². The summed E-state index contributed by atoms with van der Waals surface area (Å²) in [5, 5.41) is 12.3. The van der Waals surface area contributed by atoms with Gasteiger partial charge in [0, 0.05) is 11.6 Å². The molecule has 0 saturated carbocycles. The first-order chi connectivity index (χ1) is 12.9. The molecule has 0 bridgehead atoms. The predicted octanol–water partition coefficient (Wildman–Crippen LogP) is 4.47. The van der Waals surface area contributed by atoms with E-state index in [2.05, 4.69) is 5.32 Å². The van der Waals surface area contributed by atoms with Crippen LogP contribution in [0.25, 0.3) is 0 Å². The first kappa shape index (κ1) is 21.8. The highest BCUT2D eigenvalue weighted by atomic mass is 19.4.